The molecule has 0 fully saturated rings. The number of aliphatic hydroxyl groups is 2. The van der Waals surface area contributed by atoms with E-state index in [1.165, 1.54) is 6.07 Å². The van der Waals surface area contributed by atoms with Gasteiger partial charge < -0.3 is 20.4 Å². The summed E-state index contributed by atoms with van der Waals surface area (Å²) < 4.78 is 0. The van der Waals surface area contributed by atoms with Crippen molar-refractivity contribution in [2.75, 3.05) is 13.2 Å². The highest BCUT2D eigenvalue weighted by Crippen LogP contribution is 2.33. The quantitative estimate of drug-likeness (QED) is 0.634. The zero-order valence-corrected chi connectivity index (χ0v) is 10.4. The van der Waals surface area contributed by atoms with Crippen LogP contribution < -0.4 is 0 Å². The van der Waals surface area contributed by atoms with Gasteiger partial charge in [-0.2, -0.15) is 0 Å². The van der Waals surface area contributed by atoms with Crippen LogP contribution in [0.15, 0.2) is 12.1 Å². The van der Waals surface area contributed by atoms with Crippen LogP contribution in [-0.2, 0) is 0 Å². The molecule has 0 aromatic heterocycles. The minimum absolute atomic E-state index is 0.114. The first-order chi connectivity index (χ1) is 8.42. The van der Waals surface area contributed by atoms with Crippen molar-refractivity contribution in [2.24, 2.45) is 0 Å². The Morgan fingerprint density at radius 3 is 2.17 bits per heavy atom. The number of hydrogen-bond acceptors (Lipinski definition) is 4. The Hall–Kier alpha value is -1.59. The van der Waals surface area contributed by atoms with Gasteiger partial charge in [0.15, 0.2) is 0 Å². The van der Waals surface area contributed by atoms with Crippen LogP contribution in [0.3, 0.4) is 0 Å². The van der Waals surface area contributed by atoms with Crippen LogP contribution in [-0.4, -0.2) is 39.6 Å². The summed E-state index contributed by atoms with van der Waals surface area (Å²) in [5, 5.41) is 37.2. The molecule has 0 aliphatic heterocycles. The van der Waals surface area contributed by atoms with Gasteiger partial charge in [-0.05, 0) is 11.6 Å². The van der Waals surface area contributed by atoms with E-state index in [-0.39, 0.29) is 36.4 Å². The molecule has 0 heterocycles. The van der Waals surface area contributed by atoms with Gasteiger partial charge in [-0.1, -0.05) is 19.9 Å². The van der Waals surface area contributed by atoms with Gasteiger partial charge in [0.2, 0.25) is 0 Å². The van der Waals surface area contributed by atoms with Gasteiger partial charge in [0.25, 0.3) is 0 Å². The van der Waals surface area contributed by atoms with Gasteiger partial charge in [0, 0.05) is 30.6 Å². The van der Waals surface area contributed by atoms with Crippen LogP contribution in [0, 0.1) is 0 Å². The second kappa shape index (κ2) is 5.84. The van der Waals surface area contributed by atoms with E-state index in [1.54, 1.807) is 19.9 Å². The Bertz CT molecular complexity index is 441. The summed E-state index contributed by atoms with van der Waals surface area (Å²) in [6.45, 7) is 3.14. The Morgan fingerprint density at radius 2 is 1.72 bits per heavy atom. The SMILES string of the molecule is CC(CO)c1cc(C(=O)O)c(O)c(C(C)CO)c1. The molecule has 2 atom stereocenters. The zero-order chi connectivity index (χ0) is 13.9. The fourth-order valence-corrected chi connectivity index (χ4v) is 1.71. The molecule has 5 nitrogen and oxygen atoms in total. The highest BCUT2D eigenvalue weighted by Gasteiger charge is 2.20. The molecule has 4 N–H and O–H groups in total. The average Bonchev–Trinajstić information content (AvgIpc) is 2.36. The van der Waals surface area contributed by atoms with Crippen LogP contribution in [0.4, 0.5) is 0 Å². The predicted octanol–water partition coefficient (Wildman–Crippen LogP) is 1.28. The van der Waals surface area contributed by atoms with E-state index in [1.807, 2.05) is 0 Å². The first-order valence-electron chi connectivity index (χ1n) is 5.74. The van der Waals surface area contributed by atoms with Gasteiger partial charge in [-0.25, -0.2) is 4.79 Å². The molecule has 0 radical (unpaired) electrons. The molecule has 5 heteroatoms. The molecule has 0 saturated carbocycles. The predicted molar refractivity (Wildman–Crippen MR) is 66.1 cm³/mol. The number of aromatic carboxylic acids is 1. The van der Waals surface area contributed by atoms with Gasteiger partial charge in [0.05, 0.1) is 0 Å². The second-order valence-electron chi connectivity index (χ2n) is 4.48. The van der Waals surface area contributed by atoms with Gasteiger partial charge in [-0.15, -0.1) is 0 Å². The molecule has 0 spiro atoms. The molecular weight excluding hydrogens is 236 g/mol. The summed E-state index contributed by atoms with van der Waals surface area (Å²) in [6.07, 6.45) is 0. The molecule has 100 valence electrons. The molecule has 0 aliphatic rings. The van der Waals surface area contributed by atoms with E-state index in [0.717, 1.165) is 0 Å². The maximum Gasteiger partial charge on any atom is 0.339 e. The summed E-state index contributed by atoms with van der Waals surface area (Å²) in [4.78, 5) is 11.1. The van der Waals surface area contributed by atoms with E-state index in [2.05, 4.69) is 0 Å². The Balaban J connectivity index is 3.41. The molecule has 1 aromatic carbocycles. The lowest BCUT2D eigenvalue weighted by Crippen LogP contribution is -2.08. The molecule has 0 amide bonds. The summed E-state index contributed by atoms with van der Waals surface area (Å²) in [5.74, 6) is -2.15. The summed E-state index contributed by atoms with van der Waals surface area (Å²) in [6, 6.07) is 2.98. The van der Waals surface area contributed by atoms with Gasteiger partial charge in [-0.3, -0.25) is 0 Å². The number of carbonyl (C=O) groups is 1. The van der Waals surface area contributed by atoms with Crippen LogP contribution in [0.5, 0.6) is 5.75 Å². The van der Waals surface area contributed by atoms with Crippen LogP contribution in [0.1, 0.15) is 47.2 Å². The molecular formula is C13H18O5. The van der Waals surface area contributed by atoms with Crippen molar-refractivity contribution in [3.63, 3.8) is 0 Å². The Morgan fingerprint density at radius 1 is 1.17 bits per heavy atom. The third kappa shape index (κ3) is 2.80. The van der Waals surface area contributed by atoms with Gasteiger partial charge >= 0.3 is 5.97 Å². The van der Waals surface area contributed by atoms with E-state index in [4.69, 9.17) is 15.3 Å². The second-order valence-corrected chi connectivity index (χ2v) is 4.48. The standard InChI is InChI=1S/C13H18O5/c1-7(5-14)9-3-10(8(2)6-15)12(16)11(4-9)13(17)18/h3-4,7-8,14-16H,5-6H2,1-2H3,(H,17,18). The highest BCUT2D eigenvalue weighted by molar-refractivity contribution is 5.91. The minimum atomic E-state index is -1.23. The van der Waals surface area contributed by atoms with Crippen molar-refractivity contribution in [3.8, 4) is 5.75 Å². The summed E-state index contributed by atoms with van der Waals surface area (Å²) >= 11 is 0. The van der Waals surface area contributed by atoms with Crippen molar-refractivity contribution in [3.05, 3.63) is 28.8 Å². The molecule has 0 aliphatic carbocycles. The number of rotatable bonds is 5. The first kappa shape index (κ1) is 14.5. The van der Waals surface area contributed by atoms with E-state index in [9.17, 15) is 9.90 Å². The lowest BCUT2D eigenvalue weighted by Gasteiger charge is -2.17. The maximum atomic E-state index is 11.1. The normalized spacial score (nSPS) is 14.2. The third-order valence-electron chi connectivity index (χ3n) is 3.04. The maximum absolute atomic E-state index is 11.1. The smallest absolute Gasteiger partial charge is 0.339 e. The van der Waals surface area contributed by atoms with E-state index < -0.39 is 5.97 Å². The Labute approximate surface area is 105 Å². The molecule has 1 aromatic rings. The number of carboxylic acids is 1. The number of hydrogen-bond donors (Lipinski definition) is 4. The fraction of sp³-hybridized carbons (Fsp3) is 0.462. The van der Waals surface area contributed by atoms with Crippen molar-refractivity contribution in [1.82, 2.24) is 0 Å². The summed E-state index contributed by atoms with van der Waals surface area (Å²) in [5.41, 5.74) is 0.804. The fourth-order valence-electron chi connectivity index (χ4n) is 1.71. The average molecular weight is 254 g/mol. The Kier molecular flexibility index (Phi) is 4.69. The van der Waals surface area contributed by atoms with Crippen LogP contribution in [0.2, 0.25) is 0 Å². The van der Waals surface area contributed by atoms with Gasteiger partial charge in [0.1, 0.15) is 11.3 Å². The number of aliphatic hydroxyl groups excluding tert-OH is 2. The third-order valence-corrected chi connectivity index (χ3v) is 3.04. The van der Waals surface area contributed by atoms with Crippen LogP contribution >= 0.6 is 0 Å². The molecule has 1 rings (SSSR count). The number of phenols is 1. The first-order valence-corrected chi connectivity index (χ1v) is 5.74. The number of benzene rings is 1. The molecule has 18 heavy (non-hydrogen) atoms. The molecule has 2 unspecified atom stereocenters. The number of carboxylic acid groups (broad SMARTS) is 1. The topological polar surface area (TPSA) is 98.0 Å². The zero-order valence-electron chi connectivity index (χ0n) is 10.4. The van der Waals surface area contributed by atoms with Crippen molar-refractivity contribution < 1.29 is 25.2 Å². The lowest BCUT2D eigenvalue weighted by molar-refractivity contribution is 0.0693. The largest absolute Gasteiger partial charge is 0.507 e. The van der Waals surface area contributed by atoms with E-state index >= 15 is 0 Å². The van der Waals surface area contributed by atoms with Crippen molar-refractivity contribution in [1.29, 1.82) is 0 Å². The van der Waals surface area contributed by atoms with E-state index in [0.29, 0.717) is 11.1 Å². The van der Waals surface area contributed by atoms with Crippen LogP contribution in [0.25, 0.3) is 0 Å². The van der Waals surface area contributed by atoms with Crippen molar-refractivity contribution in [2.45, 2.75) is 25.7 Å². The lowest BCUT2D eigenvalue weighted by atomic mass is 9.91. The molecule has 0 bridgehead atoms. The number of aromatic hydroxyl groups is 1. The molecule has 0 saturated heterocycles. The highest BCUT2D eigenvalue weighted by atomic mass is 16.4. The van der Waals surface area contributed by atoms with Crippen molar-refractivity contribution >= 4 is 5.97 Å². The minimum Gasteiger partial charge on any atom is -0.507 e. The summed E-state index contributed by atoms with van der Waals surface area (Å²) in [7, 11) is 0. The monoisotopic (exact) mass is 254 g/mol.